The molecule has 0 saturated heterocycles. The fraction of sp³-hybridized carbons (Fsp3) is 0.368. The number of hydrogen-bond donors (Lipinski definition) is 0. The van der Waals surface area contributed by atoms with E-state index in [0.29, 0.717) is 18.5 Å². The molecule has 4 nitrogen and oxygen atoms in total. The first kappa shape index (κ1) is 17.3. The molecule has 2 heterocycles. The van der Waals surface area contributed by atoms with Crippen LogP contribution in [-0.4, -0.2) is 16.2 Å². The van der Waals surface area contributed by atoms with E-state index < -0.39 is 11.6 Å². The summed E-state index contributed by atoms with van der Waals surface area (Å²) >= 11 is 0. The summed E-state index contributed by atoms with van der Waals surface area (Å²) in [5, 5.41) is 0. The van der Waals surface area contributed by atoms with E-state index in [1.807, 2.05) is 12.2 Å². The quantitative estimate of drug-likeness (QED) is 0.850. The van der Waals surface area contributed by atoms with Crippen molar-refractivity contribution in [2.75, 3.05) is 6.61 Å². The van der Waals surface area contributed by atoms with Crippen molar-refractivity contribution in [2.24, 2.45) is 5.41 Å². The van der Waals surface area contributed by atoms with Gasteiger partial charge in [0.2, 0.25) is 5.88 Å². The molecule has 0 spiro atoms. The number of benzene rings is 1. The fourth-order valence-corrected chi connectivity index (χ4v) is 2.89. The Balaban J connectivity index is 1.73. The zero-order valence-corrected chi connectivity index (χ0v) is 14.3. The third-order valence-electron chi connectivity index (χ3n) is 4.13. The maximum Gasteiger partial charge on any atom is 0.351 e. The van der Waals surface area contributed by atoms with E-state index in [9.17, 15) is 13.6 Å². The Morgan fingerprint density at radius 3 is 2.64 bits per heavy atom. The van der Waals surface area contributed by atoms with Crippen LogP contribution in [0.5, 0.6) is 5.88 Å². The van der Waals surface area contributed by atoms with E-state index >= 15 is 0 Å². The maximum absolute atomic E-state index is 13.2. The second-order valence-corrected chi connectivity index (χ2v) is 7.03. The molecular weight excluding hydrogens is 326 g/mol. The monoisotopic (exact) mass is 346 g/mol. The maximum atomic E-state index is 13.2. The Labute approximate surface area is 144 Å². The molecule has 0 amide bonds. The number of allylic oxidation sites excluding steroid dienone is 1. The van der Waals surface area contributed by atoms with Gasteiger partial charge in [0.25, 0.3) is 0 Å². The number of halogens is 2. The lowest BCUT2D eigenvalue weighted by molar-refractivity contribution is 0.291. The second kappa shape index (κ2) is 6.78. The lowest BCUT2D eigenvalue weighted by Crippen LogP contribution is -2.30. The molecule has 2 aromatic rings. The van der Waals surface area contributed by atoms with Crippen molar-refractivity contribution >= 4 is 6.08 Å². The summed E-state index contributed by atoms with van der Waals surface area (Å²) in [6.07, 6.45) is 5.12. The molecular formula is C19H20F2N2O2. The molecule has 0 fully saturated rings. The molecule has 1 aliphatic rings. The van der Waals surface area contributed by atoms with Crippen molar-refractivity contribution < 1.29 is 13.5 Å². The first-order chi connectivity index (χ1) is 11.8. The molecule has 0 saturated carbocycles. The highest BCUT2D eigenvalue weighted by Crippen LogP contribution is 2.27. The van der Waals surface area contributed by atoms with Crippen LogP contribution in [0.4, 0.5) is 8.78 Å². The molecule has 0 bridgehead atoms. The Kier molecular flexibility index (Phi) is 4.70. The van der Waals surface area contributed by atoms with E-state index in [0.717, 1.165) is 18.2 Å². The largest absolute Gasteiger partial charge is 0.477 e. The molecule has 0 N–H and O–H groups in total. The van der Waals surface area contributed by atoms with Gasteiger partial charge < -0.3 is 4.74 Å². The topological polar surface area (TPSA) is 44.1 Å². The number of rotatable bonds is 4. The molecule has 0 aliphatic carbocycles. The first-order valence-corrected chi connectivity index (χ1v) is 8.19. The van der Waals surface area contributed by atoms with Crippen LogP contribution in [0.2, 0.25) is 0 Å². The zero-order chi connectivity index (χ0) is 18.0. The van der Waals surface area contributed by atoms with E-state index in [2.05, 4.69) is 18.8 Å². The lowest BCUT2D eigenvalue weighted by Gasteiger charge is -2.22. The molecule has 0 unspecified atom stereocenters. The van der Waals surface area contributed by atoms with Crippen LogP contribution in [0.15, 0.2) is 35.1 Å². The molecule has 1 aromatic heterocycles. The molecule has 25 heavy (non-hydrogen) atoms. The van der Waals surface area contributed by atoms with Gasteiger partial charge in [-0.15, -0.1) is 0 Å². The van der Waals surface area contributed by atoms with Crippen LogP contribution in [0.1, 0.15) is 31.5 Å². The molecule has 132 valence electrons. The van der Waals surface area contributed by atoms with Crippen LogP contribution in [0, 0.1) is 17.0 Å². The molecule has 3 rings (SSSR count). The van der Waals surface area contributed by atoms with Gasteiger partial charge in [-0.25, -0.2) is 13.6 Å². The van der Waals surface area contributed by atoms with Crippen molar-refractivity contribution in [2.45, 2.75) is 33.2 Å². The van der Waals surface area contributed by atoms with Gasteiger partial charge in [0, 0.05) is 25.1 Å². The van der Waals surface area contributed by atoms with Crippen LogP contribution >= 0.6 is 0 Å². The third-order valence-corrected chi connectivity index (χ3v) is 4.13. The van der Waals surface area contributed by atoms with Gasteiger partial charge in [0.1, 0.15) is 11.6 Å². The first-order valence-electron chi connectivity index (χ1n) is 8.19. The van der Waals surface area contributed by atoms with Crippen molar-refractivity contribution in [1.82, 2.24) is 9.55 Å². The lowest BCUT2D eigenvalue weighted by atomic mass is 9.90. The van der Waals surface area contributed by atoms with Gasteiger partial charge >= 0.3 is 5.69 Å². The predicted octanol–water partition coefficient (Wildman–Crippen LogP) is 3.59. The van der Waals surface area contributed by atoms with Crippen LogP contribution in [-0.2, 0) is 13.0 Å². The Morgan fingerprint density at radius 1 is 1.20 bits per heavy atom. The molecule has 0 radical (unpaired) electrons. The van der Waals surface area contributed by atoms with E-state index in [1.54, 1.807) is 10.6 Å². The minimum atomic E-state index is -0.621. The molecule has 1 aromatic carbocycles. The zero-order valence-electron chi connectivity index (χ0n) is 14.3. The van der Waals surface area contributed by atoms with Crippen LogP contribution < -0.4 is 10.4 Å². The van der Waals surface area contributed by atoms with Gasteiger partial charge in [-0.2, -0.15) is 4.98 Å². The highest BCUT2D eigenvalue weighted by Gasteiger charge is 2.22. The van der Waals surface area contributed by atoms with Crippen LogP contribution in [0.25, 0.3) is 6.08 Å². The highest BCUT2D eigenvalue weighted by molar-refractivity contribution is 5.47. The summed E-state index contributed by atoms with van der Waals surface area (Å²) in [7, 11) is 0. The Morgan fingerprint density at radius 2 is 1.92 bits per heavy atom. The number of aromatic nitrogens is 2. The summed E-state index contributed by atoms with van der Waals surface area (Å²) in [4.78, 5) is 16.2. The number of ether oxygens (including phenoxy) is 1. The molecule has 0 atom stereocenters. The summed E-state index contributed by atoms with van der Waals surface area (Å²) in [6.45, 7) is 4.96. The van der Waals surface area contributed by atoms with Crippen molar-refractivity contribution in [3.05, 3.63) is 63.7 Å². The summed E-state index contributed by atoms with van der Waals surface area (Å²) in [6, 6.07) is 5.06. The predicted molar refractivity (Wildman–Crippen MR) is 91.5 cm³/mol. The average Bonchev–Trinajstić information content (AvgIpc) is 2.64. The Hall–Kier alpha value is -2.50. The smallest absolute Gasteiger partial charge is 0.351 e. The van der Waals surface area contributed by atoms with Gasteiger partial charge in [0.15, 0.2) is 0 Å². The normalized spacial score (nSPS) is 15.5. The third kappa shape index (κ3) is 4.32. The van der Waals surface area contributed by atoms with E-state index in [-0.39, 0.29) is 23.6 Å². The van der Waals surface area contributed by atoms with Gasteiger partial charge in [-0.05, 0) is 35.6 Å². The minimum absolute atomic E-state index is 0.0168. The number of hydrogen-bond acceptors (Lipinski definition) is 3. The second-order valence-electron chi connectivity index (χ2n) is 7.03. The SMILES string of the molecule is CC1(C)CC=Cc2cc(OCCc3cc(F)cc(F)c3)nc(=O)n2C1. The molecule has 6 heteroatoms. The number of fused-ring (bicyclic) bond motifs is 1. The average molecular weight is 346 g/mol. The van der Waals surface area contributed by atoms with Gasteiger partial charge in [0.05, 0.1) is 12.3 Å². The summed E-state index contributed by atoms with van der Waals surface area (Å²) in [5.41, 5.74) is 0.865. The Bertz CT molecular complexity index is 852. The van der Waals surface area contributed by atoms with E-state index in [1.165, 1.54) is 12.1 Å². The highest BCUT2D eigenvalue weighted by atomic mass is 19.1. The summed E-state index contributed by atoms with van der Waals surface area (Å²) < 4.78 is 33.5. The van der Waals surface area contributed by atoms with Crippen molar-refractivity contribution in [1.29, 1.82) is 0 Å². The van der Waals surface area contributed by atoms with Crippen molar-refractivity contribution in [3.63, 3.8) is 0 Å². The van der Waals surface area contributed by atoms with Crippen LogP contribution in [0.3, 0.4) is 0 Å². The van der Waals surface area contributed by atoms with Crippen molar-refractivity contribution in [3.8, 4) is 5.88 Å². The van der Waals surface area contributed by atoms with Gasteiger partial charge in [-0.3, -0.25) is 4.57 Å². The standard InChI is InChI=1S/C19H20F2N2O2/c1-19(2)6-3-4-16-11-17(22-18(24)23(16)12-19)25-7-5-13-8-14(20)10-15(21)9-13/h3-4,8-11H,5-7,12H2,1-2H3. The summed E-state index contributed by atoms with van der Waals surface area (Å²) in [5.74, 6) is -1.02. The van der Waals surface area contributed by atoms with E-state index in [4.69, 9.17) is 4.74 Å². The number of nitrogens with zero attached hydrogens (tertiary/aromatic N) is 2. The molecule has 1 aliphatic heterocycles. The minimum Gasteiger partial charge on any atom is -0.477 e. The fourth-order valence-electron chi connectivity index (χ4n) is 2.89. The van der Waals surface area contributed by atoms with Gasteiger partial charge in [-0.1, -0.05) is 19.9 Å².